The summed E-state index contributed by atoms with van der Waals surface area (Å²) < 4.78 is 1.75. The largest absolute Gasteiger partial charge is 0.347 e. The fourth-order valence-electron chi connectivity index (χ4n) is 1.52. The fraction of sp³-hybridized carbons (Fsp3) is 0.0769. The summed E-state index contributed by atoms with van der Waals surface area (Å²) in [6, 6.07) is 12.3. The van der Waals surface area contributed by atoms with Crippen LogP contribution in [-0.4, -0.2) is 10.5 Å². The van der Waals surface area contributed by atoms with E-state index in [0.717, 1.165) is 0 Å². The number of aryl methyl sites for hydroxylation is 1. The molecule has 0 spiro atoms. The van der Waals surface area contributed by atoms with Crippen LogP contribution < -0.4 is 5.32 Å². The lowest BCUT2D eigenvalue weighted by Crippen LogP contribution is -2.15. The first kappa shape index (κ1) is 11.0. The van der Waals surface area contributed by atoms with E-state index in [2.05, 4.69) is 5.32 Å². The van der Waals surface area contributed by atoms with Crippen LogP contribution in [0, 0.1) is 11.3 Å². The van der Waals surface area contributed by atoms with Crippen molar-refractivity contribution in [3.05, 3.63) is 53.9 Å². The second-order valence-corrected chi connectivity index (χ2v) is 3.65. The maximum Gasteiger partial charge on any atom is 0.272 e. The molecule has 2 rings (SSSR count). The topological polar surface area (TPSA) is 57.8 Å². The van der Waals surface area contributed by atoms with E-state index in [1.54, 1.807) is 34.9 Å². The van der Waals surface area contributed by atoms with Crippen LogP contribution in [0.2, 0.25) is 0 Å². The summed E-state index contributed by atoms with van der Waals surface area (Å²) in [5, 5.41) is 11.4. The van der Waals surface area contributed by atoms with Crippen LogP contribution >= 0.6 is 0 Å². The number of amides is 1. The first-order chi connectivity index (χ1) is 8.20. The average molecular weight is 225 g/mol. The van der Waals surface area contributed by atoms with Crippen molar-refractivity contribution in [2.45, 2.75) is 0 Å². The van der Waals surface area contributed by atoms with E-state index in [1.165, 1.54) is 0 Å². The molecule has 0 saturated carbocycles. The van der Waals surface area contributed by atoms with E-state index in [4.69, 9.17) is 5.26 Å². The van der Waals surface area contributed by atoms with Crippen molar-refractivity contribution in [2.75, 3.05) is 5.32 Å². The molecule has 2 aromatic rings. The summed E-state index contributed by atoms with van der Waals surface area (Å²) in [6.07, 6.45) is 1.81. The average Bonchev–Trinajstić information content (AvgIpc) is 2.76. The molecule has 1 N–H and O–H groups in total. The summed E-state index contributed by atoms with van der Waals surface area (Å²) in [5.41, 5.74) is 1.84. The Morgan fingerprint density at radius 2 is 2.00 bits per heavy atom. The maximum absolute atomic E-state index is 11.9. The number of benzene rings is 1. The highest BCUT2D eigenvalue weighted by atomic mass is 16.1. The number of hydrogen-bond donors (Lipinski definition) is 1. The number of hydrogen-bond acceptors (Lipinski definition) is 2. The van der Waals surface area contributed by atoms with Gasteiger partial charge in [0, 0.05) is 18.9 Å². The fourth-order valence-corrected chi connectivity index (χ4v) is 1.52. The van der Waals surface area contributed by atoms with Crippen LogP contribution in [0.4, 0.5) is 5.69 Å². The minimum atomic E-state index is -0.165. The molecule has 0 radical (unpaired) electrons. The van der Waals surface area contributed by atoms with Crippen molar-refractivity contribution in [3.8, 4) is 6.07 Å². The van der Waals surface area contributed by atoms with Gasteiger partial charge in [-0.05, 0) is 36.4 Å². The lowest BCUT2D eigenvalue weighted by atomic mass is 10.2. The monoisotopic (exact) mass is 225 g/mol. The van der Waals surface area contributed by atoms with Gasteiger partial charge in [0.05, 0.1) is 11.6 Å². The van der Waals surface area contributed by atoms with Crippen molar-refractivity contribution >= 4 is 11.6 Å². The minimum Gasteiger partial charge on any atom is -0.347 e. The van der Waals surface area contributed by atoms with Crippen LogP contribution in [0.3, 0.4) is 0 Å². The Bertz CT molecular complexity index is 575. The first-order valence-electron chi connectivity index (χ1n) is 5.13. The summed E-state index contributed by atoms with van der Waals surface area (Å²) in [4.78, 5) is 11.9. The number of nitrogens with one attached hydrogen (secondary N) is 1. The molecule has 0 fully saturated rings. The van der Waals surface area contributed by atoms with Gasteiger partial charge in [-0.1, -0.05) is 0 Å². The Hall–Kier alpha value is -2.54. The summed E-state index contributed by atoms with van der Waals surface area (Å²) in [5.74, 6) is -0.165. The maximum atomic E-state index is 11.9. The molecule has 0 aliphatic carbocycles. The number of carbonyl (C=O) groups is 1. The zero-order chi connectivity index (χ0) is 12.3. The molecule has 1 amide bonds. The number of carbonyl (C=O) groups excluding carboxylic acids is 1. The Balaban J connectivity index is 2.14. The zero-order valence-corrected chi connectivity index (χ0v) is 9.34. The van der Waals surface area contributed by atoms with Crippen molar-refractivity contribution in [3.63, 3.8) is 0 Å². The summed E-state index contributed by atoms with van der Waals surface area (Å²) >= 11 is 0. The van der Waals surface area contributed by atoms with Gasteiger partial charge in [-0.15, -0.1) is 0 Å². The molecular formula is C13H11N3O. The Morgan fingerprint density at radius 3 is 2.53 bits per heavy atom. The lowest BCUT2D eigenvalue weighted by molar-refractivity contribution is 0.101. The van der Waals surface area contributed by atoms with Crippen LogP contribution in [0.1, 0.15) is 16.1 Å². The third kappa shape index (κ3) is 2.34. The van der Waals surface area contributed by atoms with E-state index >= 15 is 0 Å². The third-order valence-corrected chi connectivity index (χ3v) is 2.45. The smallest absolute Gasteiger partial charge is 0.272 e. The van der Waals surface area contributed by atoms with E-state index < -0.39 is 0 Å². The highest BCUT2D eigenvalue weighted by Gasteiger charge is 2.08. The molecule has 0 atom stereocenters. The van der Waals surface area contributed by atoms with Crippen molar-refractivity contribution < 1.29 is 4.79 Å². The SMILES string of the molecule is Cn1cccc1C(=O)Nc1ccc(C#N)cc1. The molecule has 1 aromatic heterocycles. The quantitative estimate of drug-likeness (QED) is 0.851. The molecule has 4 heteroatoms. The molecule has 17 heavy (non-hydrogen) atoms. The molecule has 0 aliphatic rings. The van der Waals surface area contributed by atoms with E-state index in [0.29, 0.717) is 16.9 Å². The molecule has 0 unspecified atom stereocenters. The molecule has 1 aromatic carbocycles. The zero-order valence-electron chi connectivity index (χ0n) is 9.34. The Morgan fingerprint density at radius 1 is 1.29 bits per heavy atom. The van der Waals surface area contributed by atoms with Gasteiger partial charge in [0.2, 0.25) is 0 Å². The Kier molecular flexibility index (Phi) is 2.93. The van der Waals surface area contributed by atoms with Gasteiger partial charge in [-0.3, -0.25) is 4.79 Å². The van der Waals surface area contributed by atoms with Gasteiger partial charge in [0.25, 0.3) is 5.91 Å². The van der Waals surface area contributed by atoms with Crippen LogP contribution in [0.5, 0.6) is 0 Å². The molecule has 84 valence electrons. The Labute approximate surface area is 99.1 Å². The van der Waals surface area contributed by atoms with Crippen molar-refractivity contribution in [1.29, 1.82) is 5.26 Å². The van der Waals surface area contributed by atoms with E-state index in [-0.39, 0.29) is 5.91 Å². The molecule has 4 nitrogen and oxygen atoms in total. The summed E-state index contributed by atoms with van der Waals surface area (Å²) in [7, 11) is 1.81. The van der Waals surface area contributed by atoms with Gasteiger partial charge < -0.3 is 9.88 Å². The number of rotatable bonds is 2. The second-order valence-electron chi connectivity index (χ2n) is 3.65. The van der Waals surface area contributed by atoms with Gasteiger partial charge in [-0.25, -0.2) is 0 Å². The normalized spacial score (nSPS) is 9.65. The molecule has 0 saturated heterocycles. The number of nitrogens with zero attached hydrogens (tertiary/aromatic N) is 2. The third-order valence-electron chi connectivity index (χ3n) is 2.45. The van der Waals surface area contributed by atoms with Gasteiger partial charge in [-0.2, -0.15) is 5.26 Å². The number of nitriles is 1. The summed E-state index contributed by atoms with van der Waals surface area (Å²) in [6.45, 7) is 0. The van der Waals surface area contributed by atoms with Crippen molar-refractivity contribution in [1.82, 2.24) is 4.57 Å². The standard InChI is InChI=1S/C13H11N3O/c1-16-8-2-3-12(16)13(17)15-11-6-4-10(9-14)5-7-11/h2-8H,1H3,(H,15,17). The molecule has 0 aliphatic heterocycles. The predicted molar refractivity (Wildman–Crippen MR) is 64.5 cm³/mol. The van der Waals surface area contributed by atoms with Crippen LogP contribution in [-0.2, 0) is 7.05 Å². The van der Waals surface area contributed by atoms with E-state index in [9.17, 15) is 4.79 Å². The second kappa shape index (κ2) is 4.54. The molecule has 0 bridgehead atoms. The first-order valence-corrected chi connectivity index (χ1v) is 5.13. The highest BCUT2D eigenvalue weighted by Crippen LogP contribution is 2.10. The lowest BCUT2D eigenvalue weighted by Gasteiger charge is -2.05. The van der Waals surface area contributed by atoms with Crippen LogP contribution in [0.25, 0.3) is 0 Å². The number of aromatic nitrogens is 1. The van der Waals surface area contributed by atoms with Gasteiger partial charge in [0.1, 0.15) is 5.69 Å². The van der Waals surface area contributed by atoms with Gasteiger partial charge >= 0.3 is 0 Å². The highest BCUT2D eigenvalue weighted by molar-refractivity contribution is 6.03. The van der Waals surface area contributed by atoms with Crippen LogP contribution in [0.15, 0.2) is 42.6 Å². The number of anilines is 1. The van der Waals surface area contributed by atoms with Crippen molar-refractivity contribution in [2.24, 2.45) is 7.05 Å². The molecular weight excluding hydrogens is 214 g/mol. The van der Waals surface area contributed by atoms with E-state index in [1.807, 2.05) is 25.4 Å². The minimum absolute atomic E-state index is 0.165. The predicted octanol–water partition coefficient (Wildman–Crippen LogP) is 2.15. The van der Waals surface area contributed by atoms with Gasteiger partial charge in [0.15, 0.2) is 0 Å². The molecule has 1 heterocycles.